The molecule has 4 nitrogen and oxygen atoms in total. The molecule has 0 saturated carbocycles. The first-order valence-corrected chi connectivity index (χ1v) is 9.91. The number of amides is 1. The second-order valence-corrected chi connectivity index (χ2v) is 7.56. The lowest BCUT2D eigenvalue weighted by atomic mass is 10.0. The highest BCUT2D eigenvalue weighted by Crippen LogP contribution is 2.24. The van der Waals surface area contributed by atoms with Gasteiger partial charge in [0.15, 0.2) is 0 Å². The summed E-state index contributed by atoms with van der Waals surface area (Å²) in [5.41, 5.74) is 4.30. The number of carbonyl (C=O) groups is 1. The summed E-state index contributed by atoms with van der Waals surface area (Å²) in [7, 11) is 0. The molecular weight excluding hydrogens is 353 g/mol. The van der Waals surface area contributed by atoms with E-state index >= 15 is 0 Å². The van der Waals surface area contributed by atoms with E-state index in [4.69, 9.17) is 0 Å². The molecule has 2 aromatic carbocycles. The van der Waals surface area contributed by atoms with Crippen LogP contribution < -0.4 is 0 Å². The summed E-state index contributed by atoms with van der Waals surface area (Å²) in [5.74, 6) is -0.0573. The van der Waals surface area contributed by atoms with E-state index in [1.807, 2.05) is 17.9 Å². The van der Waals surface area contributed by atoms with Crippen molar-refractivity contribution in [3.05, 3.63) is 71.2 Å². The molecule has 2 heterocycles. The van der Waals surface area contributed by atoms with Crippen LogP contribution in [0, 0.1) is 12.7 Å². The fourth-order valence-corrected chi connectivity index (χ4v) is 4.06. The Morgan fingerprint density at radius 2 is 1.82 bits per heavy atom. The van der Waals surface area contributed by atoms with Crippen molar-refractivity contribution in [3.63, 3.8) is 0 Å². The van der Waals surface area contributed by atoms with Crippen LogP contribution >= 0.6 is 0 Å². The van der Waals surface area contributed by atoms with Crippen LogP contribution in [0.4, 0.5) is 4.39 Å². The van der Waals surface area contributed by atoms with Gasteiger partial charge < -0.3 is 9.88 Å². The Bertz CT molecular complexity index is 959. The van der Waals surface area contributed by atoms with Gasteiger partial charge in [-0.15, -0.1) is 0 Å². The molecule has 0 radical (unpaired) electrons. The predicted molar refractivity (Wildman–Crippen MR) is 110 cm³/mol. The van der Waals surface area contributed by atoms with Gasteiger partial charge in [0.25, 0.3) is 0 Å². The average Bonchev–Trinajstić information content (AvgIpc) is 3.02. The van der Waals surface area contributed by atoms with Gasteiger partial charge in [-0.1, -0.05) is 30.3 Å². The molecule has 1 aliphatic rings. The number of H-pyrrole nitrogens is 1. The molecule has 4 rings (SSSR count). The number of nitrogens with zero attached hydrogens (tertiary/aromatic N) is 2. The molecule has 28 heavy (non-hydrogen) atoms. The molecule has 3 aromatic rings. The van der Waals surface area contributed by atoms with E-state index in [0.717, 1.165) is 54.9 Å². The average molecular weight is 379 g/mol. The lowest BCUT2D eigenvalue weighted by molar-refractivity contribution is -0.132. The molecule has 1 aliphatic heterocycles. The van der Waals surface area contributed by atoms with Crippen molar-refractivity contribution in [1.82, 2.24) is 14.8 Å². The third kappa shape index (κ3) is 4.09. The largest absolute Gasteiger partial charge is 0.358 e. The molecule has 1 N–H and O–H groups in total. The van der Waals surface area contributed by atoms with Gasteiger partial charge in [0.05, 0.1) is 0 Å². The van der Waals surface area contributed by atoms with Crippen molar-refractivity contribution in [3.8, 4) is 0 Å². The maximum Gasteiger partial charge on any atom is 0.222 e. The quantitative estimate of drug-likeness (QED) is 0.730. The first-order valence-electron chi connectivity index (χ1n) is 9.91. The lowest BCUT2D eigenvalue weighted by Crippen LogP contribution is -2.48. The van der Waals surface area contributed by atoms with Gasteiger partial charge in [0, 0.05) is 55.7 Å². The standard InChI is InChI=1S/C23H26FN3O/c1-17-20(21-15-19(24)7-9-22(21)25-17)8-10-23(28)27-13-11-26(12-14-27)16-18-5-3-2-4-6-18/h2-7,9,15,25H,8,10-14,16H2,1H3. The number of rotatable bonds is 5. The van der Waals surface area contributed by atoms with Crippen molar-refractivity contribution >= 4 is 16.8 Å². The minimum Gasteiger partial charge on any atom is -0.358 e. The fourth-order valence-electron chi connectivity index (χ4n) is 4.06. The highest BCUT2D eigenvalue weighted by Gasteiger charge is 2.21. The second kappa shape index (κ2) is 8.15. The Labute approximate surface area is 165 Å². The van der Waals surface area contributed by atoms with Gasteiger partial charge >= 0.3 is 0 Å². The zero-order valence-corrected chi connectivity index (χ0v) is 16.2. The molecule has 1 aromatic heterocycles. The number of hydrogen-bond donors (Lipinski definition) is 1. The zero-order chi connectivity index (χ0) is 19.5. The van der Waals surface area contributed by atoms with Crippen LogP contribution in [0.25, 0.3) is 10.9 Å². The number of aromatic amines is 1. The summed E-state index contributed by atoms with van der Waals surface area (Å²) in [4.78, 5) is 20.3. The zero-order valence-electron chi connectivity index (χ0n) is 16.2. The maximum atomic E-state index is 13.6. The second-order valence-electron chi connectivity index (χ2n) is 7.56. The number of halogens is 1. The Morgan fingerprint density at radius 3 is 2.57 bits per heavy atom. The molecule has 0 atom stereocenters. The van der Waals surface area contributed by atoms with Gasteiger partial charge in [-0.3, -0.25) is 9.69 Å². The predicted octanol–water partition coefficient (Wildman–Crippen LogP) is 3.89. The number of aromatic nitrogens is 1. The first-order chi connectivity index (χ1) is 13.6. The van der Waals surface area contributed by atoms with Crippen LogP contribution in [0.15, 0.2) is 48.5 Å². The fraction of sp³-hybridized carbons (Fsp3) is 0.348. The highest BCUT2D eigenvalue weighted by atomic mass is 19.1. The monoisotopic (exact) mass is 379 g/mol. The molecule has 1 fully saturated rings. The van der Waals surface area contributed by atoms with Gasteiger partial charge in [-0.05, 0) is 42.7 Å². The number of hydrogen-bond acceptors (Lipinski definition) is 2. The summed E-state index contributed by atoms with van der Waals surface area (Å²) < 4.78 is 13.6. The molecule has 0 aliphatic carbocycles. The van der Waals surface area contributed by atoms with E-state index in [1.54, 1.807) is 12.1 Å². The van der Waals surface area contributed by atoms with E-state index in [9.17, 15) is 9.18 Å². The minimum atomic E-state index is -0.242. The number of aryl methyl sites for hydroxylation is 2. The number of nitrogens with one attached hydrogen (secondary N) is 1. The van der Waals surface area contributed by atoms with E-state index in [-0.39, 0.29) is 11.7 Å². The Kier molecular flexibility index (Phi) is 5.44. The summed E-state index contributed by atoms with van der Waals surface area (Å²) in [5, 5.41) is 0.887. The summed E-state index contributed by atoms with van der Waals surface area (Å²) in [6.07, 6.45) is 1.10. The number of fused-ring (bicyclic) bond motifs is 1. The van der Waals surface area contributed by atoms with Crippen molar-refractivity contribution in [2.75, 3.05) is 26.2 Å². The van der Waals surface area contributed by atoms with E-state index in [0.29, 0.717) is 12.8 Å². The first kappa shape index (κ1) is 18.7. The smallest absolute Gasteiger partial charge is 0.222 e. The molecule has 1 amide bonds. The Morgan fingerprint density at radius 1 is 1.07 bits per heavy atom. The van der Waals surface area contributed by atoms with Crippen LogP contribution in [-0.4, -0.2) is 46.9 Å². The minimum absolute atomic E-state index is 0.185. The molecule has 0 unspecified atom stereocenters. The van der Waals surface area contributed by atoms with Crippen LogP contribution in [0.3, 0.4) is 0 Å². The van der Waals surface area contributed by atoms with Crippen LogP contribution in [0.1, 0.15) is 23.2 Å². The third-order valence-electron chi connectivity index (χ3n) is 5.64. The number of benzene rings is 2. The van der Waals surface area contributed by atoms with Gasteiger partial charge in [-0.25, -0.2) is 4.39 Å². The topological polar surface area (TPSA) is 39.3 Å². The maximum absolute atomic E-state index is 13.6. The van der Waals surface area contributed by atoms with E-state index in [1.165, 1.54) is 11.6 Å². The molecule has 5 heteroatoms. The molecule has 1 saturated heterocycles. The number of carbonyl (C=O) groups excluding carboxylic acids is 1. The van der Waals surface area contributed by atoms with Crippen molar-refractivity contribution in [1.29, 1.82) is 0 Å². The SMILES string of the molecule is Cc1[nH]c2ccc(F)cc2c1CCC(=O)N1CCN(Cc2ccccc2)CC1. The van der Waals surface area contributed by atoms with E-state index in [2.05, 4.69) is 34.1 Å². The van der Waals surface area contributed by atoms with Gasteiger partial charge in [-0.2, -0.15) is 0 Å². The molecule has 0 spiro atoms. The van der Waals surface area contributed by atoms with E-state index < -0.39 is 0 Å². The van der Waals surface area contributed by atoms with Gasteiger partial charge in [0.2, 0.25) is 5.91 Å². The van der Waals surface area contributed by atoms with Crippen LogP contribution in [0.2, 0.25) is 0 Å². The molecular formula is C23H26FN3O. The normalized spacial score (nSPS) is 15.3. The van der Waals surface area contributed by atoms with Crippen molar-refractivity contribution in [2.45, 2.75) is 26.3 Å². The summed E-state index contributed by atoms with van der Waals surface area (Å²) in [6.45, 7) is 6.26. The van der Waals surface area contributed by atoms with Crippen molar-refractivity contribution < 1.29 is 9.18 Å². The Balaban J connectivity index is 1.32. The van der Waals surface area contributed by atoms with Crippen LogP contribution in [0.5, 0.6) is 0 Å². The lowest BCUT2D eigenvalue weighted by Gasteiger charge is -2.34. The summed E-state index contributed by atoms with van der Waals surface area (Å²) in [6, 6.07) is 15.2. The van der Waals surface area contributed by atoms with Crippen LogP contribution in [-0.2, 0) is 17.8 Å². The summed E-state index contributed by atoms with van der Waals surface area (Å²) >= 11 is 0. The highest BCUT2D eigenvalue weighted by molar-refractivity contribution is 5.85. The van der Waals surface area contributed by atoms with Gasteiger partial charge in [0.1, 0.15) is 5.82 Å². The number of piperazine rings is 1. The molecule has 0 bridgehead atoms. The third-order valence-corrected chi connectivity index (χ3v) is 5.64. The van der Waals surface area contributed by atoms with Crippen molar-refractivity contribution in [2.24, 2.45) is 0 Å². The Hall–Kier alpha value is -2.66. The molecule has 146 valence electrons.